The molecular formula is C17H19ClN2S. The van der Waals surface area contributed by atoms with Crippen molar-refractivity contribution < 1.29 is 0 Å². The summed E-state index contributed by atoms with van der Waals surface area (Å²) in [7, 11) is 1.97. The summed E-state index contributed by atoms with van der Waals surface area (Å²) < 4.78 is 0. The summed E-state index contributed by atoms with van der Waals surface area (Å²) >= 11 is 11.5. The number of rotatable bonds is 3. The second kappa shape index (κ2) is 6.92. The Morgan fingerprint density at radius 3 is 2.57 bits per heavy atom. The zero-order valence-electron chi connectivity index (χ0n) is 12.5. The average Bonchev–Trinajstić information content (AvgIpc) is 2.43. The van der Waals surface area contributed by atoms with Crippen LogP contribution in [0.5, 0.6) is 0 Å². The summed E-state index contributed by atoms with van der Waals surface area (Å²) in [5, 5.41) is 4.71. The molecule has 0 unspecified atom stereocenters. The first-order chi connectivity index (χ1) is 9.95. The van der Waals surface area contributed by atoms with Crippen molar-refractivity contribution in [2.24, 2.45) is 0 Å². The first kappa shape index (κ1) is 15.8. The van der Waals surface area contributed by atoms with Crippen LogP contribution in [0.3, 0.4) is 0 Å². The lowest BCUT2D eigenvalue weighted by Crippen LogP contribution is -2.30. The van der Waals surface area contributed by atoms with Gasteiger partial charge in [0.05, 0.1) is 0 Å². The van der Waals surface area contributed by atoms with Gasteiger partial charge in [0.25, 0.3) is 0 Å². The molecule has 0 aromatic heterocycles. The summed E-state index contributed by atoms with van der Waals surface area (Å²) in [6.45, 7) is 4.92. The van der Waals surface area contributed by atoms with E-state index in [0.717, 1.165) is 22.8 Å². The molecule has 0 aliphatic carbocycles. The van der Waals surface area contributed by atoms with Gasteiger partial charge in [0.15, 0.2) is 5.11 Å². The molecular weight excluding hydrogens is 300 g/mol. The van der Waals surface area contributed by atoms with Crippen LogP contribution in [0.1, 0.15) is 16.7 Å². The van der Waals surface area contributed by atoms with Crippen molar-refractivity contribution in [2.45, 2.75) is 20.4 Å². The predicted molar refractivity (Wildman–Crippen MR) is 95.1 cm³/mol. The van der Waals surface area contributed by atoms with Gasteiger partial charge in [-0.3, -0.25) is 0 Å². The molecule has 2 aromatic rings. The Hall–Kier alpha value is -1.58. The highest BCUT2D eigenvalue weighted by atomic mass is 35.5. The molecule has 2 rings (SSSR count). The highest BCUT2D eigenvalue weighted by molar-refractivity contribution is 7.80. The molecule has 0 aliphatic heterocycles. The van der Waals surface area contributed by atoms with Gasteiger partial charge in [-0.1, -0.05) is 29.8 Å². The first-order valence-corrected chi connectivity index (χ1v) is 7.58. The maximum absolute atomic E-state index is 6.00. The molecule has 0 fully saturated rings. The van der Waals surface area contributed by atoms with E-state index in [9.17, 15) is 0 Å². The van der Waals surface area contributed by atoms with Gasteiger partial charge in [-0.15, -0.1) is 0 Å². The number of nitrogens with zero attached hydrogens (tertiary/aromatic N) is 1. The van der Waals surface area contributed by atoms with Crippen LogP contribution in [0.4, 0.5) is 5.69 Å². The van der Waals surface area contributed by atoms with Gasteiger partial charge in [0.1, 0.15) is 0 Å². The molecule has 1 N–H and O–H groups in total. The first-order valence-electron chi connectivity index (χ1n) is 6.79. The third-order valence-electron chi connectivity index (χ3n) is 3.41. The van der Waals surface area contributed by atoms with Gasteiger partial charge in [-0.05, 0) is 67.0 Å². The second-order valence-electron chi connectivity index (χ2n) is 5.22. The van der Waals surface area contributed by atoms with Gasteiger partial charge >= 0.3 is 0 Å². The predicted octanol–water partition coefficient (Wildman–Crippen LogP) is 4.79. The van der Waals surface area contributed by atoms with Gasteiger partial charge < -0.3 is 10.2 Å². The fraction of sp³-hybridized carbons (Fsp3) is 0.235. The fourth-order valence-corrected chi connectivity index (χ4v) is 2.41. The fourth-order valence-electron chi connectivity index (χ4n) is 2.02. The Kier molecular flexibility index (Phi) is 5.21. The van der Waals surface area contributed by atoms with E-state index in [1.54, 1.807) is 0 Å². The van der Waals surface area contributed by atoms with E-state index in [2.05, 4.69) is 31.3 Å². The Morgan fingerprint density at radius 2 is 1.90 bits per heavy atom. The molecule has 0 saturated heterocycles. The number of halogens is 1. The molecule has 4 heteroatoms. The molecule has 0 radical (unpaired) electrons. The van der Waals surface area contributed by atoms with E-state index in [-0.39, 0.29) is 0 Å². The van der Waals surface area contributed by atoms with Crippen molar-refractivity contribution in [1.29, 1.82) is 0 Å². The molecule has 0 saturated carbocycles. The van der Waals surface area contributed by atoms with E-state index in [1.807, 2.05) is 42.3 Å². The molecule has 0 aliphatic rings. The van der Waals surface area contributed by atoms with Crippen molar-refractivity contribution in [2.75, 3.05) is 12.4 Å². The third-order valence-corrected chi connectivity index (χ3v) is 4.06. The number of aryl methyl sites for hydroxylation is 2. The maximum atomic E-state index is 6.00. The number of hydrogen-bond donors (Lipinski definition) is 1. The molecule has 0 heterocycles. The molecule has 0 spiro atoms. The van der Waals surface area contributed by atoms with Crippen LogP contribution in [-0.4, -0.2) is 17.1 Å². The van der Waals surface area contributed by atoms with Crippen LogP contribution in [0.15, 0.2) is 42.5 Å². The quantitative estimate of drug-likeness (QED) is 0.819. The molecule has 2 aromatic carbocycles. The third kappa shape index (κ3) is 4.45. The van der Waals surface area contributed by atoms with Gasteiger partial charge in [-0.25, -0.2) is 0 Å². The Labute approximate surface area is 136 Å². The van der Waals surface area contributed by atoms with Crippen molar-refractivity contribution in [3.8, 4) is 0 Å². The number of nitrogens with one attached hydrogen (secondary N) is 1. The molecule has 0 bridgehead atoms. The Morgan fingerprint density at radius 1 is 1.14 bits per heavy atom. The average molecular weight is 319 g/mol. The highest BCUT2D eigenvalue weighted by Crippen LogP contribution is 2.16. The van der Waals surface area contributed by atoms with Crippen LogP contribution in [0.2, 0.25) is 5.02 Å². The van der Waals surface area contributed by atoms with Crippen LogP contribution in [0.25, 0.3) is 0 Å². The summed E-state index contributed by atoms with van der Waals surface area (Å²) in [5.74, 6) is 0. The smallest absolute Gasteiger partial charge is 0.173 e. The number of anilines is 1. The molecule has 21 heavy (non-hydrogen) atoms. The lowest BCUT2D eigenvalue weighted by Gasteiger charge is -2.21. The van der Waals surface area contributed by atoms with Crippen LogP contribution < -0.4 is 5.32 Å². The Bertz CT molecular complexity index is 655. The molecule has 0 amide bonds. The van der Waals surface area contributed by atoms with E-state index in [4.69, 9.17) is 23.8 Å². The summed E-state index contributed by atoms with van der Waals surface area (Å²) in [6, 6.07) is 14.1. The van der Waals surface area contributed by atoms with Gasteiger partial charge in [-0.2, -0.15) is 0 Å². The SMILES string of the molecule is Cc1ccc(NC(=S)N(C)Cc2cccc(Cl)c2)cc1C. The van der Waals surface area contributed by atoms with E-state index in [0.29, 0.717) is 5.11 Å². The van der Waals surface area contributed by atoms with Crippen molar-refractivity contribution >= 4 is 34.6 Å². The topological polar surface area (TPSA) is 15.3 Å². The monoisotopic (exact) mass is 318 g/mol. The van der Waals surface area contributed by atoms with Crippen LogP contribution in [0, 0.1) is 13.8 Å². The standard InChI is InChI=1S/C17H19ClN2S/c1-12-7-8-16(9-13(12)2)19-17(21)20(3)11-14-5-4-6-15(18)10-14/h4-10H,11H2,1-3H3,(H,19,21). The van der Waals surface area contributed by atoms with Gasteiger partial charge in [0, 0.05) is 24.3 Å². The molecule has 2 nitrogen and oxygen atoms in total. The van der Waals surface area contributed by atoms with Crippen LogP contribution in [-0.2, 0) is 6.54 Å². The largest absolute Gasteiger partial charge is 0.348 e. The normalized spacial score (nSPS) is 10.3. The minimum atomic E-state index is 0.693. The van der Waals surface area contributed by atoms with E-state index in [1.165, 1.54) is 11.1 Å². The number of hydrogen-bond acceptors (Lipinski definition) is 1. The minimum Gasteiger partial charge on any atom is -0.348 e. The zero-order valence-corrected chi connectivity index (χ0v) is 14.1. The number of thiocarbonyl (C=S) groups is 1. The zero-order chi connectivity index (χ0) is 15.4. The summed E-state index contributed by atoms with van der Waals surface area (Å²) in [4.78, 5) is 2.00. The molecule has 0 atom stereocenters. The van der Waals surface area contributed by atoms with Crippen molar-refractivity contribution in [1.82, 2.24) is 4.90 Å². The highest BCUT2D eigenvalue weighted by Gasteiger charge is 2.06. The van der Waals surface area contributed by atoms with E-state index >= 15 is 0 Å². The summed E-state index contributed by atoms with van der Waals surface area (Å²) in [6.07, 6.45) is 0. The lowest BCUT2D eigenvalue weighted by atomic mass is 10.1. The van der Waals surface area contributed by atoms with Crippen LogP contribution >= 0.6 is 23.8 Å². The number of benzene rings is 2. The molecule has 110 valence electrons. The van der Waals surface area contributed by atoms with Gasteiger partial charge in [0.2, 0.25) is 0 Å². The van der Waals surface area contributed by atoms with Crippen molar-refractivity contribution in [3.05, 3.63) is 64.2 Å². The second-order valence-corrected chi connectivity index (χ2v) is 6.04. The van der Waals surface area contributed by atoms with Crippen molar-refractivity contribution in [3.63, 3.8) is 0 Å². The Balaban J connectivity index is 2.00. The maximum Gasteiger partial charge on any atom is 0.173 e. The minimum absolute atomic E-state index is 0.693. The van der Waals surface area contributed by atoms with E-state index < -0.39 is 0 Å². The lowest BCUT2D eigenvalue weighted by molar-refractivity contribution is 0.508. The summed E-state index contributed by atoms with van der Waals surface area (Å²) in [5.41, 5.74) is 4.68.